The predicted octanol–water partition coefficient (Wildman–Crippen LogP) is 3.49. The van der Waals surface area contributed by atoms with E-state index in [1.54, 1.807) is 22.8 Å². The van der Waals surface area contributed by atoms with Crippen LogP contribution in [0.1, 0.15) is 15.9 Å². The Morgan fingerprint density at radius 2 is 1.65 bits per heavy atom. The third-order valence-corrected chi connectivity index (χ3v) is 5.62. The summed E-state index contributed by atoms with van der Waals surface area (Å²) < 4.78 is 15.6. The molecular formula is C24H22FN5O. The molecule has 1 saturated heterocycles. The first-order valence-corrected chi connectivity index (χ1v) is 10.3. The van der Waals surface area contributed by atoms with Crippen molar-refractivity contribution >= 4 is 11.6 Å². The van der Waals surface area contributed by atoms with Crippen LogP contribution in [0.15, 0.2) is 72.9 Å². The minimum Gasteiger partial charge on any atom is -0.336 e. The number of hydrogen-bond acceptors (Lipinski definition) is 4. The second-order valence-electron chi connectivity index (χ2n) is 7.68. The normalized spacial score (nSPS) is 14.8. The number of amides is 1. The van der Waals surface area contributed by atoms with Crippen LogP contribution in [0, 0.1) is 5.82 Å². The molecule has 6 nitrogen and oxygen atoms in total. The molecule has 2 aromatic carbocycles. The molecule has 156 valence electrons. The van der Waals surface area contributed by atoms with E-state index in [0.717, 1.165) is 5.56 Å². The molecule has 0 spiro atoms. The molecule has 0 aliphatic carbocycles. The van der Waals surface area contributed by atoms with Gasteiger partial charge in [0.05, 0.1) is 5.56 Å². The Kier molecular flexibility index (Phi) is 5.18. The first kappa shape index (κ1) is 19.4. The molecule has 1 fully saturated rings. The molecule has 5 rings (SSSR count). The van der Waals surface area contributed by atoms with Crippen molar-refractivity contribution in [2.24, 2.45) is 0 Å². The van der Waals surface area contributed by atoms with E-state index in [0.29, 0.717) is 55.3 Å². The Hall–Kier alpha value is -3.58. The van der Waals surface area contributed by atoms with Crippen LogP contribution in [-0.4, -0.2) is 56.5 Å². The van der Waals surface area contributed by atoms with Gasteiger partial charge in [-0.2, -0.15) is 0 Å². The third kappa shape index (κ3) is 4.04. The minimum atomic E-state index is -0.183. The first-order chi connectivity index (χ1) is 15.2. The maximum atomic E-state index is 13.9. The number of carbonyl (C=O) groups is 1. The number of nitrogens with zero attached hydrogens (tertiary/aromatic N) is 5. The van der Waals surface area contributed by atoms with Gasteiger partial charge >= 0.3 is 0 Å². The summed E-state index contributed by atoms with van der Waals surface area (Å²) in [6.45, 7) is 3.20. The predicted molar refractivity (Wildman–Crippen MR) is 116 cm³/mol. The lowest BCUT2D eigenvalue weighted by Gasteiger charge is -2.34. The summed E-state index contributed by atoms with van der Waals surface area (Å²) in [7, 11) is 0. The fourth-order valence-electron chi connectivity index (χ4n) is 3.88. The highest BCUT2D eigenvalue weighted by molar-refractivity contribution is 5.94. The highest BCUT2D eigenvalue weighted by atomic mass is 19.1. The molecule has 31 heavy (non-hydrogen) atoms. The van der Waals surface area contributed by atoms with Gasteiger partial charge in [-0.05, 0) is 18.2 Å². The maximum Gasteiger partial charge on any atom is 0.255 e. The van der Waals surface area contributed by atoms with E-state index in [4.69, 9.17) is 0 Å². The molecule has 0 unspecified atom stereocenters. The van der Waals surface area contributed by atoms with Crippen molar-refractivity contribution in [3.05, 3.63) is 89.9 Å². The highest BCUT2D eigenvalue weighted by Crippen LogP contribution is 2.17. The lowest BCUT2D eigenvalue weighted by atomic mass is 10.1. The van der Waals surface area contributed by atoms with Crippen LogP contribution in [0.2, 0.25) is 0 Å². The molecule has 3 heterocycles. The molecule has 7 heteroatoms. The van der Waals surface area contributed by atoms with E-state index in [-0.39, 0.29) is 11.7 Å². The summed E-state index contributed by atoms with van der Waals surface area (Å²) in [4.78, 5) is 21.6. The Morgan fingerprint density at radius 1 is 0.903 bits per heavy atom. The van der Waals surface area contributed by atoms with Gasteiger partial charge in [-0.3, -0.25) is 9.69 Å². The van der Waals surface area contributed by atoms with Gasteiger partial charge in [0.15, 0.2) is 11.5 Å². The molecule has 0 bridgehead atoms. The molecule has 0 atom stereocenters. The second kappa shape index (κ2) is 8.28. The van der Waals surface area contributed by atoms with Crippen LogP contribution in [0.25, 0.3) is 17.0 Å². The molecule has 0 N–H and O–H groups in total. The summed E-state index contributed by atoms with van der Waals surface area (Å²) in [5, 5.41) is 4.53. The standard InChI is InChI=1S/C24H22FN5O/c25-21-9-5-4-8-19(21)16-28-12-14-29(15-13-28)24(31)20-10-11-22-26-23(27-30(22)17-20)18-6-2-1-3-7-18/h1-11,17H,12-16H2. The van der Waals surface area contributed by atoms with Crippen molar-refractivity contribution in [1.29, 1.82) is 0 Å². The Morgan fingerprint density at radius 3 is 2.42 bits per heavy atom. The average Bonchev–Trinajstić information content (AvgIpc) is 3.25. The average molecular weight is 415 g/mol. The quantitative estimate of drug-likeness (QED) is 0.512. The summed E-state index contributed by atoms with van der Waals surface area (Å²) in [6, 6.07) is 20.2. The van der Waals surface area contributed by atoms with Gasteiger partial charge in [0.25, 0.3) is 5.91 Å². The van der Waals surface area contributed by atoms with Gasteiger partial charge in [0.2, 0.25) is 0 Å². The zero-order valence-corrected chi connectivity index (χ0v) is 17.0. The van der Waals surface area contributed by atoms with Gasteiger partial charge in [-0.15, -0.1) is 5.10 Å². The largest absolute Gasteiger partial charge is 0.336 e. The Bertz CT molecular complexity index is 1220. The molecule has 1 aliphatic rings. The lowest BCUT2D eigenvalue weighted by molar-refractivity contribution is 0.0626. The first-order valence-electron chi connectivity index (χ1n) is 10.3. The van der Waals surface area contributed by atoms with E-state index < -0.39 is 0 Å². The number of hydrogen-bond donors (Lipinski definition) is 0. The van der Waals surface area contributed by atoms with Crippen LogP contribution in [0.4, 0.5) is 4.39 Å². The monoisotopic (exact) mass is 415 g/mol. The molecule has 2 aromatic heterocycles. The Balaban J connectivity index is 1.27. The van der Waals surface area contributed by atoms with E-state index in [9.17, 15) is 9.18 Å². The van der Waals surface area contributed by atoms with Crippen LogP contribution >= 0.6 is 0 Å². The molecular weight excluding hydrogens is 393 g/mol. The van der Waals surface area contributed by atoms with E-state index in [1.807, 2.05) is 53.4 Å². The highest BCUT2D eigenvalue weighted by Gasteiger charge is 2.23. The number of fused-ring (bicyclic) bond motifs is 1. The van der Waals surface area contributed by atoms with Crippen molar-refractivity contribution in [2.45, 2.75) is 6.54 Å². The van der Waals surface area contributed by atoms with Crippen molar-refractivity contribution in [3.8, 4) is 11.4 Å². The number of aromatic nitrogens is 3. The summed E-state index contributed by atoms with van der Waals surface area (Å²) >= 11 is 0. The Labute approximate surface area is 179 Å². The van der Waals surface area contributed by atoms with E-state index >= 15 is 0 Å². The van der Waals surface area contributed by atoms with Crippen molar-refractivity contribution < 1.29 is 9.18 Å². The van der Waals surface area contributed by atoms with Gasteiger partial charge in [0, 0.05) is 50.0 Å². The number of benzene rings is 2. The van der Waals surface area contributed by atoms with Crippen LogP contribution in [0.5, 0.6) is 0 Å². The number of piperazine rings is 1. The zero-order chi connectivity index (χ0) is 21.2. The summed E-state index contributed by atoms with van der Waals surface area (Å²) in [5.41, 5.74) is 2.91. The van der Waals surface area contributed by atoms with Crippen molar-refractivity contribution in [2.75, 3.05) is 26.2 Å². The summed E-state index contributed by atoms with van der Waals surface area (Å²) in [6.07, 6.45) is 1.74. The summed E-state index contributed by atoms with van der Waals surface area (Å²) in [5.74, 6) is 0.424. The number of carbonyl (C=O) groups excluding carboxylic acids is 1. The molecule has 0 saturated carbocycles. The number of rotatable bonds is 4. The van der Waals surface area contributed by atoms with Crippen molar-refractivity contribution in [3.63, 3.8) is 0 Å². The van der Waals surface area contributed by atoms with E-state index in [1.165, 1.54) is 6.07 Å². The molecule has 4 aromatic rings. The zero-order valence-electron chi connectivity index (χ0n) is 17.0. The van der Waals surface area contributed by atoms with Gasteiger partial charge in [-0.1, -0.05) is 48.5 Å². The van der Waals surface area contributed by atoms with Gasteiger partial charge in [-0.25, -0.2) is 13.9 Å². The fourth-order valence-corrected chi connectivity index (χ4v) is 3.88. The smallest absolute Gasteiger partial charge is 0.255 e. The lowest BCUT2D eigenvalue weighted by Crippen LogP contribution is -2.48. The van der Waals surface area contributed by atoms with Crippen LogP contribution in [-0.2, 0) is 6.54 Å². The van der Waals surface area contributed by atoms with Gasteiger partial charge in [0.1, 0.15) is 5.82 Å². The maximum absolute atomic E-state index is 13.9. The topological polar surface area (TPSA) is 53.7 Å². The van der Waals surface area contributed by atoms with Crippen LogP contribution < -0.4 is 0 Å². The molecule has 1 aliphatic heterocycles. The second-order valence-corrected chi connectivity index (χ2v) is 7.68. The minimum absolute atomic E-state index is 0.0239. The SMILES string of the molecule is O=C(c1ccc2nc(-c3ccccc3)nn2c1)N1CCN(Cc2ccccc2F)CC1. The molecule has 1 amide bonds. The number of halogens is 1. The fraction of sp³-hybridized carbons (Fsp3) is 0.208. The van der Waals surface area contributed by atoms with Crippen LogP contribution in [0.3, 0.4) is 0 Å². The third-order valence-electron chi connectivity index (χ3n) is 5.62. The molecule has 0 radical (unpaired) electrons. The number of pyridine rings is 1. The van der Waals surface area contributed by atoms with Crippen molar-refractivity contribution in [1.82, 2.24) is 24.4 Å². The van der Waals surface area contributed by atoms with E-state index in [2.05, 4.69) is 15.0 Å². The van der Waals surface area contributed by atoms with Gasteiger partial charge < -0.3 is 4.90 Å².